The lowest BCUT2D eigenvalue weighted by molar-refractivity contribution is 0.436. The summed E-state index contributed by atoms with van der Waals surface area (Å²) < 4.78 is 6.68. The molecular weight excluding hydrogens is 228 g/mol. The fraction of sp³-hybridized carbons (Fsp3) is 0.0769. The minimum absolute atomic E-state index is 0.331. The van der Waals surface area contributed by atoms with Crippen molar-refractivity contribution in [1.82, 2.24) is 14.9 Å². The van der Waals surface area contributed by atoms with Crippen LogP contribution in [0.4, 0.5) is 5.88 Å². The van der Waals surface area contributed by atoms with Crippen molar-refractivity contribution >= 4 is 5.88 Å². The summed E-state index contributed by atoms with van der Waals surface area (Å²) in [6.45, 7) is 2.01. The fourth-order valence-corrected chi connectivity index (χ4v) is 1.81. The maximum absolute atomic E-state index is 5.68. The van der Waals surface area contributed by atoms with Gasteiger partial charge in [0.25, 0.3) is 0 Å². The molecule has 2 N–H and O–H groups in total. The smallest absolute Gasteiger partial charge is 0.229 e. The summed E-state index contributed by atoms with van der Waals surface area (Å²) in [6.07, 6.45) is 5.41. The van der Waals surface area contributed by atoms with E-state index < -0.39 is 0 Å². The van der Waals surface area contributed by atoms with Crippen molar-refractivity contribution in [3.05, 3.63) is 48.4 Å². The van der Waals surface area contributed by atoms with Gasteiger partial charge >= 0.3 is 0 Å². The second-order valence-corrected chi connectivity index (χ2v) is 4.11. The Labute approximate surface area is 104 Å². The van der Waals surface area contributed by atoms with Crippen LogP contribution in [0.3, 0.4) is 0 Å². The first-order chi connectivity index (χ1) is 8.74. The van der Waals surface area contributed by atoms with Gasteiger partial charge in [-0.25, -0.2) is 4.68 Å². The predicted octanol–water partition coefficient (Wildman–Crippen LogP) is 2.42. The monoisotopic (exact) mass is 240 g/mol. The molecule has 0 aliphatic carbocycles. The number of anilines is 1. The molecule has 5 heteroatoms. The molecule has 0 unspecified atom stereocenters. The number of hydrogen-bond acceptors (Lipinski definition) is 4. The first-order valence-corrected chi connectivity index (χ1v) is 5.56. The number of rotatable bonds is 2. The van der Waals surface area contributed by atoms with Gasteiger partial charge in [-0.3, -0.25) is 0 Å². The molecule has 2 aromatic heterocycles. The van der Waals surface area contributed by atoms with E-state index in [-0.39, 0.29) is 0 Å². The molecule has 5 nitrogen and oxygen atoms in total. The summed E-state index contributed by atoms with van der Waals surface area (Å²) in [5.41, 5.74) is 9.58. The molecule has 0 aliphatic rings. The van der Waals surface area contributed by atoms with Crippen LogP contribution in [-0.4, -0.2) is 14.9 Å². The molecule has 0 saturated carbocycles. The van der Waals surface area contributed by atoms with Gasteiger partial charge in [-0.05, 0) is 30.2 Å². The number of aromatic nitrogens is 3. The summed E-state index contributed by atoms with van der Waals surface area (Å²) in [6, 6.07) is 7.90. The Balaban J connectivity index is 1.97. The summed E-state index contributed by atoms with van der Waals surface area (Å²) in [4.78, 5) is 0. The van der Waals surface area contributed by atoms with E-state index in [1.807, 2.05) is 48.3 Å². The Morgan fingerprint density at radius 2 is 1.94 bits per heavy atom. The molecule has 1 aromatic carbocycles. The van der Waals surface area contributed by atoms with Crippen molar-refractivity contribution < 1.29 is 4.52 Å². The van der Waals surface area contributed by atoms with Gasteiger partial charge in [-0.1, -0.05) is 17.3 Å². The molecular formula is C13H12N4O. The highest BCUT2D eigenvalue weighted by Gasteiger charge is 2.07. The van der Waals surface area contributed by atoms with E-state index in [0.29, 0.717) is 5.88 Å². The summed E-state index contributed by atoms with van der Waals surface area (Å²) in [5.74, 6) is 0.331. The SMILES string of the molecule is Cc1cnn(-c2ccc(-c3cnoc3N)cc2)c1. The molecule has 0 saturated heterocycles. The first kappa shape index (κ1) is 10.6. The third kappa shape index (κ3) is 1.75. The van der Waals surface area contributed by atoms with Crippen LogP contribution in [0.5, 0.6) is 0 Å². The van der Waals surface area contributed by atoms with Crippen molar-refractivity contribution in [2.45, 2.75) is 6.92 Å². The largest absolute Gasteiger partial charge is 0.367 e. The van der Waals surface area contributed by atoms with E-state index in [1.54, 1.807) is 6.20 Å². The third-order valence-corrected chi connectivity index (χ3v) is 2.75. The topological polar surface area (TPSA) is 69.9 Å². The maximum Gasteiger partial charge on any atom is 0.229 e. The fourth-order valence-electron chi connectivity index (χ4n) is 1.81. The minimum Gasteiger partial charge on any atom is -0.367 e. The van der Waals surface area contributed by atoms with E-state index in [2.05, 4.69) is 10.3 Å². The van der Waals surface area contributed by atoms with Gasteiger partial charge in [0.1, 0.15) is 0 Å². The van der Waals surface area contributed by atoms with Crippen molar-refractivity contribution in [1.29, 1.82) is 0 Å². The number of nitrogens with two attached hydrogens (primary N) is 1. The molecule has 0 amide bonds. The number of aryl methyl sites for hydroxylation is 1. The lowest BCUT2D eigenvalue weighted by atomic mass is 10.1. The highest BCUT2D eigenvalue weighted by molar-refractivity contribution is 5.72. The van der Waals surface area contributed by atoms with Gasteiger partial charge in [0.2, 0.25) is 5.88 Å². The Hall–Kier alpha value is -2.56. The van der Waals surface area contributed by atoms with Crippen LogP contribution in [0.2, 0.25) is 0 Å². The Morgan fingerprint density at radius 3 is 2.50 bits per heavy atom. The van der Waals surface area contributed by atoms with Crippen molar-refractivity contribution in [2.24, 2.45) is 0 Å². The van der Waals surface area contributed by atoms with Gasteiger partial charge in [-0.2, -0.15) is 5.10 Å². The zero-order valence-corrected chi connectivity index (χ0v) is 9.87. The van der Waals surface area contributed by atoms with E-state index >= 15 is 0 Å². The van der Waals surface area contributed by atoms with Crippen LogP contribution in [0.15, 0.2) is 47.4 Å². The highest BCUT2D eigenvalue weighted by atomic mass is 16.5. The second-order valence-electron chi connectivity index (χ2n) is 4.11. The average molecular weight is 240 g/mol. The number of hydrogen-bond donors (Lipinski definition) is 1. The van der Waals surface area contributed by atoms with E-state index in [1.165, 1.54) is 0 Å². The Bertz CT molecular complexity index is 666. The van der Waals surface area contributed by atoms with Crippen LogP contribution in [-0.2, 0) is 0 Å². The Morgan fingerprint density at radius 1 is 1.17 bits per heavy atom. The van der Waals surface area contributed by atoms with E-state index in [4.69, 9.17) is 10.3 Å². The van der Waals surface area contributed by atoms with Crippen LogP contribution in [0.1, 0.15) is 5.56 Å². The molecule has 0 fully saturated rings. The second kappa shape index (κ2) is 4.03. The number of nitrogens with zero attached hydrogens (tertiary/aromatic N) is 3. The maximum atomic E-state index is 5.68. The van der Waals surface area contributed by atoms with Gasteiger partial charge < -0.3 is 10.3 Å². The molecule has 0 bridgehead atoms. The molecule has 90 valence electrons. The molecule has 0 atom stereocenters. The lowest BCUT2D eigenvalue weighted by Gasteiger charge is -2.02. The van der Waals surface area contributed by atoms with Crippen LogP contribution >= 0.6 is 0 Å². The highest BCUT2D eigenvalue weighted by Crippen LogP contribution is 2.25. The standard InChI is InChI=1S/C13H12N4O/c1-9-6-15-17(8-9)11-4-2-10(3-5-11)12-7-16-18-13(12)14/h2-8H,14H2,1H3. The molecule has 3 rings (SSSR count). The van der Waals surface area contributed by atoms with E-state index in [9.17, 15) is 0 Å². The number of nitrogen functional groups attached to an aromatic ring is 1. The molecule has 18 heavy (non-hydrogen) atoms. The van der Waals surface area contributed by atoms with Crippen LogP contribution < -0.4 is 5.73 Å². The quantitative estimate of drug-likeness (QED) is 0.746. The molecule has 0 aliphatic heterocycles. The molecule has 3 aromatic rings. The van der Waals surface area contributed by atoms with Gasteiger partial charge in [0, 0.05) is 6.20 Å². The lowest BCUT2D eigenvalue weighted by Crippen LogP contribution is -1.93. The number of benzene rings is 1. The molecule has 2 heterocycles. The van der Waals surface area contributed by atoms with Gasteiger partial charge in [0.15, 0.2) is 0 Å². The van der Waals surface area contributed by atoms with Gasteiger partial charge in [0.05, 0.1) is 23.6 Å². The first-order valence-electron chi connectivity index (χ1n) is 5.56. The zero-order valence-electron chi connectivity index (χ0n) is 9.87. The summed E-state index contributed by atoms with van der Waals surface area (Å²) in [7, 11) is 0. The van der Waals surface area contributed by atoms with Crippen LogP contribution in [0.25, 0.3) is 16.8 Å². The Kier molecular flexibility index (Phi) is 2.37. The van der Waals surface area contributed by atoms with Crippen molar-refractivity contribution in [3.63, 3.8) is 0 Å². The zero-order chi connectivity index (χ0) is 12.5. The normalized spacial score (nSPS) is 10.7. The van der Waals surface area contributed by atoms with Crippen molar-refractivity contribution in [3.8, 4) is 16.8 Å². The van der Waals surface area contributed by atoms with Crippen molar-refractivity contribution in [2.75, 3.05) is 5.73 Å². The van der Waals surface area contributed by atoms with Crippen LogP contribution in [0, 0.1) is 6.92 Å². The average Bonchev–Trinajstić information content (AvgIpc) is 2.98. The summed E-state index contributed by atoms with van der Waals surface area (Å²) in [5, 5.41) is 7.92. The minimum atomic E-state index is 0.331. The summed E-state index contributed by atoms with van der Waals surface area (Å²) >= 11 is 0. The van der Waals surface area contributed by atoms with E-state index in [0.717, 1.165) is 22.4 Å². The third-order valence-electron chi connectivity index (χ3n) is 2.75. The molecule has 0 spiro atoms. The molecule has 0 radical (unpaired) electrons. The van der Waals surface area contributed by atoms with Gasteiger partial charge in [-0.15, -0.1) is 0 Å². The predicted molar refractivity (Wildman–Crippen MR) is 68.2 cm³/mol.